The van der Waals surface area contributed by atoms with Gasteiger partial charge in [-0.2, -0.15) is 0 Å². The molecule has 2 heterocycles. The number of aromatic nitrogens is 3. The molecule has 0 radical (unpaired) electrons. The van der Waals surface area contributed by atoms with Gasteiger partial charge < -0.3 is 5.73 Å². The fourth-order valence-corrected chi connectivity index (χ4v) is 1.96. The zero-order valence-corrected chi connectivity index (χ0v) is 11.3. The van der Waals surface area contributed by atoms with Gasteiger partial charge in [-0.3, -0.25) is 4.57 Å². The maximum atomic E-state index is 5.51. The summed E-state index contributed by atoms with van der Waals surface area (Å²) in [6.45, 7) is 0. The monoisotopic (exact) mass is 412 g/mol. The molecular formula is C8H6I2N4. The van der Waals surface area contributed by atoms with Gasteiger partial charge in [-0.15, -0.1) is 0 Å². The number of anilines is 1. The minimum atomic E-state index is 0.526. The second kappa shape index (κ2) is 4.01. The zero-order valence-electron chi connectivity index (χ0n) is 6.98. The average molecular weight is 412 g/mol. The number of nitrogen functional groups attached to an aromatic ring is 1. The minimum Gasteiger partial charge on any atom is -0.384 e. The highest BCUT2D eigenvalue weighted by Gasteiger charge is 2.06. The van der Waals surface area contributed by atoms with Crippen LogP contribution in [0.1, 0.15) is 0 Å². The summed E-state index contributed by atoms with van der Waals surface area (Å²) >= 11 is 4.44. The molecule has 2 aromatic rings. The Hall–Kier alpha value is -0.380. The lowest BCUT2D eigenvalue weighted by atomic mass is 10.4. The second-order valence-corrected chi connectivity index (χ2v) is 4.68. The Labute approximate surface area is 108 Å². The third-order valence-electron chi connectivity index (χ3n) is 1.72. The van der Waals surface area contributed by atoms with E-state index in [1.165, 1.54) is 0 Å². The van der Waals surface area contributed by atoms with Crippen LogP contribution >= 0.6 is 45.2 Å². The Kier molecular flexibility index (Phi) is 2.91. The van der Waals surface area contributed by atoms with Gasteiger partial charge in [0.2, 0.25) is 0 Å². The number of halogens is 2. The third-order valence-corrected chi connectivity index (χ3v) is 4.57. The predicted molar refractivity (Wildman–Crippen MR) is 71.2 cm³/mol. The van der Waals surface area contributed by atoms with Crippen LogP contribution in [0.5, 0.6) is 0 Å². The number of pyridine rings is 1. The third kappa shape index (κ3) is 1.85. The van der Waals surface area contributed by atoms with Crippen LogP contribution in [-0.4, -0.2) is 14.5 Å². The summed E-state index contributed by atoms with van der Waals surface area (Å²) in [6.07, 6.45) is 3.51. The summed E-state index contributed by atoms with van der Waals surface area (Å²) in [5.74, 6) is 0.526. The molecule has 2 aromatic heterocycles. The number of imidazole rings is 1. The lowest BCUT2D eigenvalue weighted by Gasteiger charge is -2.03. The fraction of sp³-hybridized carbons (Fsp3) is 0. The molecule has 0 spiro atoms. The van der Waals surface area contributed by atoms with E-state index in [9.17, 15) is 0 Å². The molecule has 0 saturated carbocycles. The molecule has 0 amide bonds. The molecule has 0 atom stereocenters. The van der Waals surface area contributed by atoms with Crippen molar-refractivity contribution >= 4 is 51.0 Å². The summed E-state index contributed by atoms with van der Waals surface area (Å²) in [6, 6.07) is 3.69. The van der Waals surface area contributed by atoms with Crippen LogP contribution in [0.4, 0.5) is 5.82 Å². The van der Waals surface area contributed by atoms with E-state index in [4.69, 9.17) is 5.73 Å². The molecule has 0 aliphatic carbocycles. The van der Waals surface area contributed by atoms with Crippen molar-refractivity contribution < 1.29 is 0 Å². The van der Waals surface area contributed by atoms with Crippen molar-refractivity contribution in [2.45, 2.75) is 0 Å². The van der Waals surface area contributed by atoms with Crippen molar-refractivity contribution in [1.29, 1.82) is 0 Å². The second-order valence-electron chi connectivity index (χ2n) is 2.64. The molecular weight excluding hydrogens is 406 g/mol. The van der Waals surface area contributed by atoms with E-state index in [0.717, 1.165) is 13.1 Å². The Morgan fingerprint density at radius 2 is 2.00 bits per heavy atom. The van der Waals surface area contributed by atoms with Crippen molar-refractivity contribution in [3.8, 4) is 5.69 Å². The highest BCUT2D eigenvalue weighted by atomic mass is 127. The average Bonchev–Trinajstić information content (AvgIpc) is 2.50. The highest BCUT2D eigenvalue weighted by molar-refractivity contribution is 14.1. The van der Waals surface area contributed by atoms with E-state index in [0.29, 0.717) is 5.82 Å². The summed E-state index contributed by atoms with van der Waals surface area (Å²) < 4.78 is 4.03. The van der Waals surface area contributed by atoms with Gasteiger partial charge in [0.15, 0.2) is 0 Å². The van der Waals surface area contributed by atoms with E-state index < -0.39 is 0 Å². The zero-order chi connectivity index (χ0) is 10.1. The number of nitrogens with two attached hydrogens (primary N) is 1. The largest absolute Gasteiger partial charge is 0.384 e. The minimum absolute atomic E-state index is 0.526. The highest BCUT2D eigenvalue weighted by Crippen LogP contribution is 2.17. The van der Waals surface area contributed by atoms with E-state index in [1.807, 2.05) is 10.6 Å². The van der Waals surface area contributed by atoms with Crippen LogP contribution in [0.3, 0.4) is 0 Å². The number of rotatable bonds is 1. The molecule has 2 N–H and O–H groups in total. The Balaban J connectivity index is 2.49. The Morgan fingerprint density at radius 3 is 2.50 bits per heavy atom. The Bertz CT molecular complexity index is 449. The lowest BCUT2D eigenvalue weighted by molar-refractivity contribution is 1.01. The smallest absolute Gasteiger partial charge is 0.133 e. The molecule has 0 fully saturated rings. The molecule has 72 valence electrons. The normalized spacial score (nSPS) is 10.4. The van der Waals surface area contributed by atoms with E-state index >= 15 is 0 Å². The topological polar surface area (TPSA) is 56.7 Å². The first kappa shape index (κ1) is 10.1. The van der Waals surface area contributed by atoms with Gasteiger partial charge >= 0.3 is 0 Å². The van der Waals surface area contributed by atoms with Crippen molar-refractivity contribution in [3.05, 3.63) is 32.1 Å². The Morgan fingerprint density at radius 1 is 1.21 bits per heavy atom. The first-order chi connectivity index (χ1) is 6.68. The van der Waals surface area contributed by atoms with Crippen LogP contribution < -0.4 is 5.73 Å². The van der Waals surface area contributed by atoms with Gasteiger partial charge in [0.1, 0.15) is 19.5 Å². The van der Waals surface area contributed by atoms with Crippen LogP contribution in [0.2, 0.25) is 0 Å². The quantitative estimate of drug-likeness (QED) is 0.731. The summed E-state index contributed by atoms with van der Waals surface area (Å²) in [5, 5.41) is 0. The predicted octanol–water partition coefficient (Wildman–Crippen LogP) is 2.06. The van der Waals surface area contributed by atoms with E-state index in [-0.39, 0.29) is 0 Å². The maximum absolute atomic E-state index is 5.51. The standard InChI is InChI=1S/C8H6I2N4/c9-7-8(10)14(4-13-7)5-1-2-6(11)12-3-5/h1-4H,(H2,11,12). The number of nitrogens with zero attached hydrogens (tertiary/aromatic N) is 3. The first-order valence-electron chi connectivity index (χ1n) is 3.79. The molecule has 0 aromatic carbocycles. The van der Waals surface area contributed by atoms with Crippen molar-refractivity contribution in [3.63, 3.8) is 0 Å². The molecule has 4 nitrogen and oxygen atoms in total. The van der Waals surface area contributed by atoms with Crippen molar-refractivity contribution in [2.75, 3.05) is 5.73 Å². The molecule has 0 unspecified atom stereocenters. The fourth-order valence-electron chi connectivity index (χ4n) is 1.03. The molecule has 0 saturated heterocycles. The molecule has 0 aliphatic heterocycles. The van der Waals surface area contributed by atoms with Crippen LogP contribution in [-0.2, 0) is 0 Å². The lowest BCUT2D eigenvalue weighted by Crippen LogP contribution is -1.97. The van der Waals surface area contributed by atoms with Crippen LogP contribution in [0.25, 0.3) is 5.69 Å². The SMILES string of the molecule is Nc1ccc(-n2cnc(I)c2I)cn1. The molecule has 6 heteroatoms. The van der Waals surface area contributed by atoms with Crippen LogP contribution in [0.15, 0.2) is 24.7 Å². The van der Waals surface area contributed by atoms with Gasteiger partial charge in [-0.1, -0.05) is 0 Å². The van der Waals surface area contributed by atoms with Gasteiger partial charge in [0, 0.05) is 0 Å². The van der Waals surface area contributed by atoms with Crippen LogP contribution in [0, 0.1) is 7.40 Å². The molecule has 0 aliphatic rings. The summed E-state index contributed by atoms with van der Waals surface area (Å²) in [7, 11) is 0. The van der Waals surface area contributed by atoms with Gasteiger partial charge in [-0.25, -0.2) is 9.97 Å². The first-order valence-corrected chi connectivity index (χ1v) is 5.94. The van der Waals surface area contributed by atoms with E-state index in [2.05, 4.69) is 55.1 Å². The van der Waals surface area contributed by atoms with Crippen molar-refractivity contribution in [2.24, 2.45) is 0 Å². The van der Waals surface area contributed by atoms with Crippen molar-refractivity contribution in [1.82, 2.24) is 14.5 Å². The summed E-state index contributed by atoms with van der Waals surface area (Å²) in [4.78, 5) is 8.23. The van der Waals surface area contributed by atoms with E-state index in [1.54, 1.807) is 18.6 Å². The molecule has 2 rings (SSSR count). The number of hydrogen-bond acceptors (Lipinski definition) is 3. The summed E-state index contributed by atoms with van der Waals surface area (Å²) in [5.41, 5.74) is 6.48. The van der Waals surface area contributed by atoms with Gasteiger partial charge in [-0.05, 0) is 57.3 Å². The molecule has 14 heavy (non-hydrogen) atoms. The van der Waals surface area contributed by atoms with Gasteiger partial charge in [0.25, 0.3) is 0 Å². The maximum Gasteiger partial charge on any atom is 0.133 e. The number of hydrogen-bond donors (Lipinski definition) is 1. The molecule has 0 bridgehead atoms. The van der Waals surface area contributed by atoms with Gasteiger partial charge in [0.05, 0.1) is 11.9 Å².